The summed E-state index contributed by atoms with van der Waals surface area (Å²) < 4.78 is 21.6. The molecule has 0 aromatic rings. The van der Waals surface area contributed by atoms with Crippen molar-refractivity contribution in [1.29, 1.82) is 0 Å². The van der Waals surface area contributed by atoms with Gasteiger partial charge in [-0.25, -0.2) is 8.42 Å². The van der Waals surface area contributed by atoms with Gasteiger partial charge in [0.1, 0.15) is 0 Å². The molecule has 5 nitrogen and oxygen atoms in total. The van der Waals surface area contributed by atoms with Gasteiger partial charge in [0.15, 0.2) is 14.9 Å². The van der Waals surface area contributed by atoms with Gasteiger partial charge in [-0.3, -0.25) is 10.4 Å². The van der Waals surface area contributed by atoms with Crippen LogP contribution in [0.2, 0.25) is 0 Å². The maximum Gasteiger partial charge on any atom is 0.193 e. The first-order valence-corrected chi connectivity index (χ1v) is 4.55. The number of rotatable bonds is 1. The molecule has 0 amide bonds. The van der Waals surface area contributed by atoms with Gasteiger partial charge in [-0.05, 0) is 0 Å². The van der Waals surface area contributed by atoms with Crippen LogP contribution < -0.4 is 11.0 Å². The van der Waals surface area contributed by atoms with Crippen molar-refractivity contribution < 1.29 is 8.42 Å². The number of sulfone groups is 1. The Labute approximate surface area is 59.6 Å². The van der Waals surface area contributed by atoms with E-state index in [4.69, 9.17) is 0 Å². The summed E-state index contributed by atoms with van der Waals surface area (Å²) in [5.74, 6) is 0. The molecule has 0 aromatic carbocycles. The summed E-state index contributed by atoms with van der Waals surface area (Å²) in [7, 11) is -1.39. The molecule has 0 fully saturated rings. The SMILES string of the molecule is CN1C=C(S(C)(=O)=O)NN1. The van der Waals surface area contributed by atoms with Gasteiger partial charge in [0, 0.05) is 13.3 Å². The third-order valence-corrected chi connectivity index (χ3v) is 2.07. The van der Waals surface area contributed by atoms with Crippen molar-refractivity contribution in [3.05, 3.63) is 11.2 Å². The molecule has 1 aliphatic rings. The molecule has 58 valence electrons. The van der Waals surface area contributed by atoms with Crippen LogP contribution in [-0.2, 0) is 9.84 Å². The highest BCUT2D eigenvalue weighted by molar-refractivity contribution is 7.94. The summed E-state index contributed by atoms with van der Waals surface area (Å²) in [5, 5.41) is 1.71. The van der Waals surface area contributed by atoms with Crippen LogP contribution in [0.25, 0.3) is 0 Å². The van der Waals surface area contributed by atoms with Crippen molar-refractivity contribution in [1.82, 2.24) is 16.0 Å². The smallest absolute Gasteiger partial charge is 0.193 e. The number of nitrogens with one attached hydrogen (secondary N) is 2. The predicted octanol–water partition coefficient (Wildman–Crippen LogP) is -1.22. The minimum atomic E-state index is -3.09. The highest BCUT2D eigenvalue weighted by atomic mass is 32.2. The van der Waals surface area contributed by atoms with Gasteiger partial charge in [-0.15, -0.1) is 5.53 Å². The summed E-state index contributed by atoms with van der Waals surface area (Å²) in [6, 6.07) is 0. The van der Waals surface area contributed by atoms with Crippen LogP contribution in [0.3, 0.4) is 0 Å². The Morgan fingerprint density at radius 1 is 1.60 bits per heavy atom. The van der Waals surface area contributed by atoms with E-state index in [2.05, 4.69) is 11.0 Å². The van der Waals surface area contributed by atoms with Crippen molar-refractivity contribution in [3.8, 4) is 0 Å². The van der Waals surface area contributed by atoms with Crippen LogP contribution in [0.4, 0.5) is 0 Å². The molecule has 2 N–H and O–H groups in total. The van der Waals surface area contributed by atoms with E-state index in [1.165, 1.54) is 11.2 Å². The Morgan fingerprint density at radius 3 is 2.40 bits per heavy atom. The second-order valence-electron chi connectivity index (χ2n) is 2.11. The average Bonchev–Trinajstić information content (AvgIpc) is 2.11. The van der Waals surface area contributed by atoms with Crippen molar-refractivity contribution in [2.24, 2.45) is 0 Å². The van der Waals surface area contributed by atoms with Crippen molar-refractivity contribution in [2.45, 2.75) is 0 Å². The van der Waals surface area contributed by atoms with E-state index in [9.17, 15) is 8.42 Å². The zero-order valence-corrected chi connectivity index (χ0v) is 6.57. The molecule has 1 heterocycles. The van der Waals surface area contributed by atoms with Gasteiger partial charge in [-0.2, -0.15) is 0 Å². The van der Waals surface area contributed by atoms with Gasteiger partial charge < -0.3 is 0 Å². The maximum absolute atomic E-state index is 10.8. The molecule has 0 saturated heterocycles. The van der Waals surface area contributed by atoms with Gasteiger partial charge in [-0.1, -0.05) is 0 Å². The molecule has 10 heavy (non-hydrogen) atoms. The number of nitrogens with zero attached hydrogens (tertiary/aromatic N) is 1. The number of hydrogen-bond donors (Lipinski definition) is 2. The monoisotopic (exact) mass is 163 g/mol. The molecule has 0 atom stereocenters. The Morgan fingerprint density at radius 2 is 2.20 bits per heavy atom. The Balaban J connectivity index is 2.87. The molecule has 1 aliphatic heterocycles. The van der Waals surface area contributed by atoms with Crippen LogP contribution in [0, 0.1) is 0 Å². The van der Waals surface area contributed by atoms with E-state index in [0.717, 1.165) is 6.26 Å². The van der Waals surface area contributed by atoms with Crippen molar-refractivity contribution >= 4 is 9.84 Å². The van der Waals surface area contributed by atoms with Gasteiger partial charge in [0.25, 0.3) is 0 Å². The first kappa shape index (κ1) is 7.36. The van der Waals surface area contributed by atoms with Crippen LogP contribution in [0.5, 0.6) is 0 Å². The van der Waals surface area contributed by atoms with Crippen LogP contribution in [0.1, 0.15) is 0 Å². The van der Waals surface area contributed by atoms with E-state index in [-0.39, 0.29) is 5.03 Å². The highest BCUT2D eigenvalue weighted by Gasteiger charge is 2.16. The first-order valence-electron chi connectivity index (χ1n) is 2.66. The van der Waals surface area contributed by atoms with Crippen LogP contribution in [0.15, 0.2) is 11.2 Å². The minimum Gasteiger partial charge on any atom is -0.298 e. The topological polar surface area (TPSA) is 61.4 Å². The van der Waals surface area contributed by atoms with E-state index in [0.29, 0.717) is 0 Å². The normalized spacial score (nSPS) is 18.6. The standard InChI is InChI=1S/C4H9N3O2S/c1-7-3-4(5-6-7)10(2,8)9/h3,5-6H,1-2H3. The van der Waals surface area contributed by atoms with E-state index < -0.39 is 9.84 Å². The van der Waals surface area contributed by atoms with Crippen LogP contribution >= 0.6 is 0 Å². The average molecular weight is 163 g/mol. The molecule has 1 rings (SSSR count). The molecule has 6 heteroatoms. The molecule has 0 radical (unpaired) electrons. The van der Waals surface area contributed by atoms with E-state index >= 15 is 0 Å². The zero-order chi connectivity index (χ0) is 7.78. The third kappa shape index (κ3) is 1.39. The fourth-order valence-electron chi connectivity index (χ4n) is 0.572. The number of hydrazine groups is 2. The second kappa shape index (κ2) is 2.14. The lowest BCUT2D eigenvalue weighted by Gasteiger charge is -2.04. The molecule has 0 saturated carbocycles. The Hall–Kier alpha value is -0.750. The van der Waals surface area contributed by atoms with E-state index in [1.807, 2.05) is 0 Å². The summed E-state index contributed by atoms with van der Waals surface area (Å²) in [4.78, 5) is 0. The lowest BCUT2D eigenvalue weighted by Crippen LogP contribution is -2.34. The second-order valence-corrected chi connectivity index (χ2v) is 4.10. The molecule has 0 unspecified atom stereocenters. The molecule has 0 spiro atoms. The predicted molar refractivity (Wildman–Crippen MR) is 37.0 cm³/mol. The fourth-order valence-corrected chi connectivity index (χ4v) is 1.15. The Bertz CT molecular complexity index is 256. The summed E-state index contributed by atoms with van der Waals surface area (Å²) in [6.45, 7) is 0. The van der Waals surface area contributed by atoms with Gasteiger partial charge >= 0.3 is 0 Å². The summed E-state index contributed by atoms with van der Waals surface area (Å²) in [5.41, 5.74) is 5.08. The summed E-state index contributed by atoms with van der Waals surface area (Å²) in [6.07, 6.45) is 2.61. The quantitative estimate of drug-likeness (QED) is 0.507. The van der Waals surface area contributed by atoms with Crippen molar-refractivity contribution in [2.75, 3.05) is 13.3 Å². The fraction of sp³-hybridized carbons (Fsp3) is 0.500. The highest BCUT2D eigenvalue weighted by Crippen LogP contribution is 2.03. The molecule has 0 aliphatic carbocycles. The molecule has 0 bridgehead atoms. The van der Waals surface area contributed by atoms with Gasteiger partial charge in [0.05, 0.1) is 6.20 Å². The van der Waals surface area contributed by atoms with Crippen LogP contribution in [-0.4, -0.2) is 26.7 Å². The largest absolute Gasteiger partial charge is 0.298 e. The third-order valence-electron chi connectivity index (χ3n) is 1.07. The van der Waals surface area contributed by atoms with Gasteiger partial charge in [0.2, 0.25) is 0 Å². The number of hydrogen-bond acceptors (Lipinski definition) is 5. The lowest BCUT2D eigenvalue weighted by molar-refractivity contribution is 0.328. The minimum absolute atomic E-state index is 0.190. The first-order chi connectivity index (χ1) is 4.50. The molecule has 0 aromatic heterocycles. The Kier molecular flexibility index (Phi) is 1.57. The molecular formula is C4H9N3O2S. The summed E-state index contributed by atoms with van der Waals surface area (Å²) >= 11 is 0. The van der Waals surface area contributed by atoms with E-state index in [1.54, 1.807) is 7.05 Å². The molecular weight excluding hydrogens is 154 g/mol. The lowest BCUT2D eigenvalue weighted by atomic mass is 10.9. The zero-order valence-electron chi connectivity index (χ0n) is 5.75. The maximum atomic E-state index is 10.8. The van der Waals surface area contributed by atoms with Crippen molar-refractivity contribution in [3.63, 3.8) is 0 Å².